The maximum atomic E-state index is 11.4. The molecule has 0 aromatic carbocycles. The molecule has 0 saturated heterocycles. The summed E-state index contributed by atoms with van der Waals surface area (Å²) in [7, 11) is 4.37. The number of unbranched alkanes of at least 4 members (excludes halogenated alkanes) is 3. The van der Waals surface area contributed by atoms with E-state index in [4.69, 9.17) is 0 Å². The predicted octanol–water partition coefficient (Wildman–Crippen LogP) is 2.68. The Hall–Kier alpha value is -0.830. The third-order valence-electron chi connectivity index (χ3n) is 3.31. The summed E-state index contributed by atoms with van der Waals surface area (Å²) in [6.07, 6.45) is 7.54. The highest BCUT2D eigenvalue weighted by Crippen LogP contribution is 2.11. The van der Waals surface area contributed by atoms with E-state index in [1.165, 1.54) is 31.8 Å². The predicted molar refractivity (Wildman–Crippen MR) is 73.5 cm³/mol. The number of carbonyl (C=O) groups is 1. The average Bonchev–Trinajstić information content (AvgIpc) is 2.31. The van der Waals surface area contributed by atoms with Crippen LogP contribution < -0.4 is 5.32 Å². The first-order valence-electron chi connectivity index (χ1n) is 6.73. The van der Waals surface area contributed by atoms with Crippen LogP contribution in [0.1, 0.15) is 46.0 Å². The van der Waals surface area contributed by atoms with Gasteiger partial charge in [-0.25, -0.2) is 0 Å². The van der Waals surface area contributed by atoms with Crippen LogP contribution >= 0.6 is 0 Å². The number of hydrogen-bond donors (Lipinski definition) is 1. The zero-order chi connectivity index (χ0) is 13.3. The molecule has 0 aromatic heterocycles. The second-order valence-electron chi connectivity index (χ2n) is 5.20. The molecule has 1 atom stereocenters. The molecule has 0 spiro atoms. The van der Waals surface area contributed by atoms with E-state index in [-0.39, 0.29) is 12.1 Å². The molecule has 0 aliphatic heterocycles. The Kier molecular flexibility index (Phi) is 7.88. The smallest absolute Gasteiger partial charge is 0.247 e. The van der Waals surface area contributed by atoms with E-state index in [0.717, 1.165) is 17.4 Å². The zero-order valence-corrected chi connectivity index (χ0v) is 12.0. The summed E-state index contributed by atoms with van der Waals surface area (Å²) < 4.78 is 0.847. The van der Waals surface area contributed by atoms with Gasteiger partial charge in [-0.1, -0.05) is 33.3 Å². The van der Waals surface area contributed by atoms with Crippen molar-refractivity contribution in [3.63, 3.8) is 0 Å². The summed E-state index contributed by atoms with van der Waals surface area (Å²) in [4.78, 5) is 11.4. The molecule has 0 bridgehead atoms. The summed E-state index contributed by atoms with van der Waals surface area (Å²) in [5, 5.41) is 3.01. The van der Waals surface area contributed by atoms with E-state index in [1.54, 1.807) is 0 Å². The molecule has 0 rings (SSSR count). The molecule has 0 aromatic rings. The third-order valence-corrected chi connectivity index (χ3v) is 3.31. The van der Waals surface area contributed by atoms with Crippen molar-refractivity contribution in [3.8, 4) is 0 Å². The van der Waals surface area contributed by atoms with Crippen molar-refractivity contribution in [1.82, 2.24) is 5.32 Å². The lowest BCUT2D eigenvalue weighted by Gasteiger charge is -2.37. The molecule has 0 aliphatic rings. The van der Waals surface area contributed by atoms with Crippen molar-refractivity contribution in [2.24, 2.45) is 0 Å². The first-order valence-corrected chi connectivity index (χ1v) is 6.73. The first-order chi connectivity index (χ1) is 7.97. The van der Waals surface area contributed by atoms with E-state index < -0.39 is 0 Å². The molecular weight excluding hydrogens is 212 g/mol. The number of nitrogens with zero attached hydrogens (tertiary/aromatic N) is 1. The van der Waals surface area contributed by atoms with Gasteiger partial charge >= 0.3 is 0 Å². The number of carbonyl (C=O) groups excluding carboxylic acids is 1. The van der Waals surface area contributed by atoms with Crippen LogP contribution in [-0.4, -0.2) is 37.2 Å². The van der Waals surface area contributed by atoms with Gasteiger partial charge in [0.2, 0.25) is 5.91 Å². The van der Waals surface area contributed by atoms with Crippen molar-refractivity contribution in [2.45, 2.75) is 52.1 Å². The molecule has 0 aliphatic carbocycles. The molecule has 3 nitrogen and oxygen atoms in total. The molecule has 1 amide bonds. The van der Waals surface area contributed by atoms with Gasteiger partial charge in [0.1, 0.15) is 0 Å². The number of rotatable bonds is 9. The van der Waals surface area contributed by atoms with Crippen LogP contribution in [0.25, 0.3) is 0 Å². The van der Waals surface area contributed by atoms with Gasteiger partial charge in [-0.05, 0) is 18.9 Å². The van der Waals surface area contributed by atoms with Crippen molar-refractivity contribution in [2.75, 3.05) is 20.6 Å². The van der Waals surface area contributed by atoms with Crippen molar-refractivity contribution in [3.05, 3.63) is 12.7 Å². The molecule has 0 heterocycles. The van der Waals surface area contributed by atoms with E-state index in [2.05, 4.69) is 39.8 Å². The van der Waals surface area contributed by atoms with Crippen LogP contribution in [-0.2, 0) is 4.79 Å². The highest BCUT2D eigenvalue weighted by Gasteiger charge is 2.26. The van der Waals surface area contributed by atoms with Gasteiger partial charge < -0.3 is 9.80 Å². The van der Waals surface area contributed by atoms with Crippen molar-refractivity contribution >= 4 is 5.91 Å². The molecule has 0 fully saturated rings. The second kappa shape index (κ2) is 8.29. The van der Waals surface area contributed by atoms with Crippen LogP contribution in [0.2, 0.25) is 0 Å². The fourth-order valence-electron chi connectivity index (χ4n) is 2.10. The number of quaternary nitrogens is 1. The lowest BCUT2D eigenvalue weighted by atomic mass is 10.1. The third kappa shape index (κ3) is 6.47. The van der Waals surface area contributed by atoms with Gasteiger partial charge in [0.25, 0.3) is 0 Å². The summed E-state index contributed by atoms with van der Waals surface area (Å²) in [6, 6.07) is 0. The summed E-state index contributed by atoms with van der Waals surface area (Å²) >= 11 is 0. The van der Waals surface area contributed by atoms with E-state index >= 15 is 0 Å². The summed E-state index contributed by atoms with van der Waals surface area (Å²) in [5.41, 5.74) is 0. The SMILES string of the molecule is C=CC(=O)NC(CC)[N+](C)(C)CCCCCC. The lowest BCUT2D eigenvalue weighted by Crippen LogP contribution is -2.57. The quantitative estimate of drug-likeness (QED) is 0.286. The van der Waals surface area contributed by atoms with Crippen molar-refractivity contribution in [1.29, 1.82) is 0 Å². The van der Waals surface area contributed by atoms with Gasteiger partial charge in [0.05, 0.1) is 20.6 Å². The van der Waals surface area contributed by atoms with E-state index in [0.29, 0.717) is 0 Å². The maximum absolute atomic E-state index is 11.4. The van der Waals surface area contributed by atoms with Crippen molar-refractivity contribution < 1.29 is 9.28 Å². The minimum absolute atomic E-state index is 0.0726. The molecule has 1 N–H and O–H groups in total. The Morgan fingerprint density at radius 1 is 1.29 bits per heavy atom. The summed E-state index contributed by atoms with van der Waals surface area (Å²) in [5.74, 6) is -0.0726. The molecule has 0 saturated carbocycles. The van der Waals surface area contributed by atoms with Crippen LogP contribution in [0, 0.1) is 0 Å². The fraction of sp³-hybridized carbons (Fsp3) is 0.786. The largest absolute Gasteiger partial charge is 0.309 e. The Morgan fingerprint density at radius 2 is 1.94 bits per heavy atom. The van der Waals surface area contributed by atoms with E-state index in [1.807, 2.05) is 0 Å². The van der Waals surface area contributed by atoms with Gasteiger partial charge in [0.15, 0.2) is 6.17 Å². The van der Waals surface area contributed by atoms with E-state index in [9.17, 15) is 4.79 Å². The Balaban J connectivity index is 4.21. The van der Waals surface area contributed by atoms with Crippen LogP contribution in [0.3, 0.4) is 0 Å². The second-order valence-corrected chi connectivity index (χ2v) is 5.20. The Morgan fingerprint density at radius 3 is 2.41 bits per heavy atom. The minimum atomic E-state index is -0.0726. The average molecular weight is 241 g/mol. The monoisotopic (exact) mass is 241 g/mol. The summed E-state index contributed by atoms with van der Waals surface area (Å²) in [6.45, 7) is 8.94. The highest BCUT2D eigenvalue weighted by molar-refractivity contribution is 5.86. The zero-order valence-electron chi connectivity index (χ0n) is 12.0. The van der Waals surface area contributed by atoms with Crippen LogP contribution in [0.5, 0.6) is 0 Å². The van der Waals surface area contributed by atoms with Gasteiger partial charge in [-0.15, -0.1) is 0 Å². The fourth-order valence-corrected chi connectivity index (χ4v) is 2.10. The Bertz CT molecular complexity index is 236. The molecule has 0 radical (unpaired) electrons. The molecular formula is C14H29N2O+. The topological polar surface area (TPSA) is 29.1 Å². The molecule has 1 unspecified atom stereocenters. The van der Waals surface area contributed by atoms with Gasteiger partial charge in [-0.2, -0.15) is 0 Å². The number of hydrogen-bond acceptors (Lipinski definition) is 1. The first kappa shape index (κ1) is 16.2. The molecule has 100 valence electrons. The Labute approximate surface area is 106 Å². The van der Waals surface area contributed by atoms with Crippen LogP contribution in [0.15, 0.2) is 12.7 Å². The normalized spacial score (nSPS) is 13.2. The number of nitrogens with one attached hydrogen (secondary N) is 1. The van der Waals surface area contributed by atoms with Crippen LogP contribution in [0.4, 0.5) is 0 Å². The molecule has 3 heteroatoms. The lowest BCUT2D eigenvalue weighted by molar-refractivity contribution is -0.917. The van der Waals surface area contributed by atoms with Gasteiger partial charge in [0, 0.05) is 6.42 Å². The highest BCUT2D eigenvalue weighted by atomic mass is 16.1. The maximum Gasteiger partial charge on any atom is 0.247 e. The minimum Gasteiger partial charge on any atom is -0.309 e. The molecule has 17 heavy (non-hydrogen) atoms. The standard InChI is InChI=1S/C14H28N2O/c1-6-9-10-11-12-16(4,5)13(7-2)15-14(17)8-3/h8,13H,3,6-7,9-12H2,1-2,4-5H3/p+1. The van der Waals surface area contributed by atoms with Gasteiger partial charge in [-0.3, -0.25) is 4.79 Å². The number of amides is 1.